The predicted molar refractivity (Wildman–Crippen MR) is 67.5 cm³/mol. The summed E-state index contributed by atoms with van der Waals surface area (Å²) in [5.41, 5.74) is 0. The zero-order chi connectivity index (χ0) is 11.1. The third-order valence-corrected chi connectivity index (χ3v) is 3.45. The second kappa shape index (κ2) is 7.22. The fourth-order valence-corrected chi connectivity index (χ4v) is 2.42. The molecule has 2 saturated heterocycles. The van der Waals surface area contributed by atoms with Crippen molar-refractivity contribution in [3.05, 3.63) is 6.42 Å². The van der Waals surface area contributed by atoms with Gasteiger partial charge in [-0.3, -0.25) is 0 Å². The molecule has 2 aliphatic heterocycles. The Kier molecular flexibility index (Phi) is 5.55. The summed E-state index contributed by atoms with van der Waals surface area (Å²) in [5.74, 6) is 0. The van der Waals surface area contributed by atoms with Gasteiger partial charge in [-0.15, -0.1) is 0 Å². The van der Waals surface area contributed by atoms with Crippen molar-refractivity contribution in [3.8, 4) is 0 Å². The topological polar surface area (TPSA) is 39.3 Å². The minimum atomic E-state index is 0.623. The van der Waals surface area contributed by atoms with E-state index in [4.69, 9.17) is 0 Å². The molecule has 4 heteroatoms. The zero-order valence-corrected chi connectivity index (χ0v) is 10.2. The van der Waals surface area contributed by atoms with Crippen LogP contribution in [0, 0.1) is 6.42 Å². The van der Waals surface area contributed by atoms with Gasteiger partial charge in [0.15, 0.2) is 0 Å². The van der Waals surface area contributed by atoms with Crippen LogP contribution in [0.3, 0.4) is 0 Å². The number of hydrogen-bond donors (Lipinski definition) is 3. The number of piperazine rings is 1. The van der Waals surface area contributed by atoms with Gasteiger partial charge in [0.1, 0.15) is 0 Å². The lowest BCUT2D eigenvalue weighted by Gasteiger charge is -2.27. The predicted octanol–water partition coefficient (Wildman–Crippen LogP) is -0.563. The van der Waals surface area contributed by atoms with E-state index in [0.717, 1.165) is 32.7 Å². The molecule has 0 aliphatic carbocycles. The van der Waals surface area contributed by atoms with Crippen LogP contribution in [-0.2, 0) is 0 Å². The van der Waals surface area contributed by atoms with E-state index in [9.17, 15) is 0 Å². The van der Waals surface area contributed by atoms with E-state index in [1.54, 1.807) is 0 Å². The van der Waals surface area contributed by atoms with Crippen LogP contribution in [0.25, 0.3) is 0 Å². The van der Waals surface area contributed by atoms with E-state index in [1.165, 1.54) is 32.5 Å². The molecule has 93 valence electrons. The van der Waals surface area contributed by atoms with Crippen molar-refractivity contribution in [2.45, 2.75) is 18.9 Å². The fourth-order valence-electron chi connectivity index (χ4n) is 2.42. The van der Waals surface area contributed by atoms with Gasteiger partial charge in [-0.1, -0.05) is 0 Å². The van der Waals surface area contributed by atoms with E-state index >= 15 is 0 Å². The average Bonchev–Trinajstić information content (AvgIpc) is 2.59. The van der Waals surface area contributed by atoms with Crippen LogP contribution in [0.4, 0.5) is 0 Å². The van der Waals surface area contributed by atoms with Crippen LogP contribution < -0.4 is 16.0 Å². The second-order valence-corrected chi connectivity index (χ2v) is 4.72. The monoisotopic (exact) mass is 225 g/mol. The molecule has 0 aromatic rings. The number of nitrogens with zero attached hydrogens (tertiary/aromatic N) is 1. The van der Waals surface area contributed by atoms with Crippen LogP contribution in [-0.4, -0.2) is 63.3 Å². The van der Waals surface area contributed by atoms with Crippen LogP contribution in [0.5, 0.6) is 0 Å². The third-order valence-electron chi connectivity index (χ3n) is 3.45. The average molecular weight is 225 g/mol. The van der Waals surface area contributed by atoms with Gasteiger partial charge in [0.25, 0.3) is 0 Å². The van der Waals surface area contributed by atoms with Gasteiger partial charge in [0, 0.05) is 45.3 Å². The lowest BCUT2D eigenvalue weighted by molar-refractivity contribution is 0.241. The first kappa shape index (κ1) is 12.3. The SMILES string of the molecule is [CH](CCN1CCNCC1)C1CCNCCN1. The largest absolute Gasteiger partial charge is 0.315 e. The lowest BCUT2D eigenvalue weighted by Crippen LogP contribution is -2.44. The van der Waals surface area contributed by atoms with Crippen molar-refractivity contribution in [2.24, 2.45) is 0 Å². The summed E-state index contributed by atoms with van der Waals surface area (Å²) >= 11 is 0. The minimum Gasteiger partial charge on any atom is -0.315 e. The summed E-state index contributed by atoms with van der Waals surface area (Å²) in [4.78, 5) is 2.56. The maximum Gasteiger partial charge on any atom is 0.0112 e. The Labute approximate surface area is 99.2 Å². The molecule has 4 nitrogen and oxygen atoms in total. The Hall–Kier alpha value is -0.160. The Morgan fingerprint density at radius 1 is 1.00 bits per heavy atom. The summed E-state index contributed by atoms with van der Waals surface area (Å²) in [7, 11) is 0. The van der Waals surface area contributed by atoms with E-state index in [-0.39, 0.29) is 0 Å². The standard InChI is InChI=1S/C12H25N4/c1(9-16-10-7-14-8-11-16)2-12-3-4-13-5-6-15-12/h2,12-15H,1,3-11H2. The highest BCUT2D eigenvalue weighted by molar-refractivity contribution is 4.86. The van der Waals surface area contributed by atoms with Crippen molar-refractivity contribution in [1.82, 2.24) is 20.9 Å². The van der Waals surface area contributed by atoms with Crippen LogP contribution in [0.15, 0.2) is 0 Å². The molecule has 2 fully saturated rings. The van der Waals surface area contributed by atoms with Gasteiger partial charge >= 0.3 is 0 Å². The molecular weight excluding hydrogens is 200 g/mol. The summed E-state index contributed by atoms with van der Waals surface area (Å²) < 4.78 is 0. The summed E-state index contributed by atoms with van der Waals surface area (Å²) in [6.07, 6.45) is 4.92. The molecule has 0 saturated carbocycles. The second-order valence-electron chi connectivity index (χ2n) is 4.72. The fraction of sp³-hybridized carbons (Fsp3) is 0.917. The first-order valence-electron chi connectivity index (χ1n) is 6.65. The van der Waals surface area contributed by atoms with Gasteiger partial charge in [-0.25, -0.2) is 0 Å². The van der Waals surface area contributed by atoms with Crippen LogP contribution in [0.2, 0.25) is 0 Å². The molecule has 0 bridgehead atoms. The van der Waals surface area contributed by atoms with Crippen molar-refractivity contribution < 1.29 is 0 Å². The maximum absolute atomic E-state index is 3.57. The first-order chi connectivity index (χ1) is 7.95. The highest BCUT2D eigenvalue weighted by Gasteiger charge is 2.13. The summed E-state index contributed by atoms with van der Waals surface area (Å²) in [6, 6.07) is 0.623. The highest BCUT2D eigenvalue weighted by atomic mass is 15.2. The molecule has 1 unspecified atom stereocenters. The Balaban J connectivity index is 1.55. The molecule has 3 N–H and O–H groups in total. The molecule has 0 aromatic carbocycles. The van der Waals surface area contributed by atoms with Crippen molar-refractivity contribution in [1.29, 1.82) is 0 Å². The van der Waals surface area contributed by atoms with Crippen LogP contribution in [0.1, 0.15) is 12.8 Å². The molecular formula is C12H25N4. The molecule has 1 radical (unpaired) electrons. The molecule has 1 atom stereocenters. The normalized spacial score (nSPS) is 28.9. The van der Waals surface area contributed by atoms with Crippen molar-refractivity contribution >= 4 is 0 Å². The molecule has 0 amide bonds. The smallest absolute Gasteiger partial charge is 0.0112 e. The molecule has 0 aromatic heterocycles. The molecule has 2 heterocycles. The Morgan fingerprint density at radius 2 is 1.81 bits per heavy atom. The van der Waals surface area contributed by atoms with Gasteiger partial charge in [0.05, 0.1) is 0 Å². The highest BCUT2D eigenvalue weighted by Crippen LogP contribution is 2.04. The van der Waals surface area contributed by atoms with Gasteiger partial charge in [-0.2, -0.15) is 0 Å². The molecule has 0 spiro atoms. The van der Waals surface area contributed by atoms with Gasteiger partial charge < -0.3 is 20.9 Å². The summed E-state index contributed by atoms with van der Waals surface area (Å²) in [6.45, 7) is 9.35. The molecule has 2 aliphatic rings. The van der Waals surface area contributed by atoms with Crippen LogP contribution >= 0.6 is 0 Å². The lowest BCUT2D eigenvalue weighted by atomic mass is 10.1. The Bertz CT molecular complexity index is 172. The first-order valence-corrected chi connectivity index (χ1v) is 6.65. The number of hydrogen-bond acceptors (Lipinski definition) is 4. The van der Waals surface area contributed by atoms with Crippen molar-refractivity contribution in [2.75, 3.05) is 52.4 Å². The van der Waals surface area contributed by atoms with E-state index < -0.39 is 0 Å². The third kappa shape index (κ3) is 4.37. The van der Waals surface area contributed by atoms with E-state index in [0.29, 0.717) is 6.04 Å². The minimum absolute atomic E-state index is 0.623. The quantitative estimate of drug-likeness (QED) is 0.600. The van der Waals surface area contributed by atoms with Crippen molar-refractivity contribution in [3.63, 3.8) is 0 Å². The number of nitrogens with one attached hydrogen (secondary N) is 3. The van der Waals surface area contributed by atoms with E-state index in [1.807, 2.05) is 0 Å². The zero-order valence-electron chi connectivity index (χ0n) is 10.2. The van der Waals surface area contributed by atoms with Gasteiger partial charge in [0.2, 0.25) is 0 Å². The van der Waals surface area contributed by atoms with E-state index in [2.05, 4.69) is 27.3 Å². The molecule has 16 heavy (non-hydrogen) atoms. The molecule has 2 rings (SSSR count). The number of rotatable bonds is 4. The Morgan fingerprint density at radius 3 is 2.69 bits per heavy atom. The summed E-state index contributed by atoms with van der Waals surface area (Å²) in [5, 5.41) is 10.4. The maximum atomic E-state index is 3.57. The van der Waals surface area contributed by atoms with Gasteiger partial charge in [-0.05, 0) is 32.4 Å².